The zero-order chi connectivity index (χ0) is 12.1. The second kappa shape index (κ2) is 5.82. The summed E-state index contributed by atoms with van der Waals surface area (Å²) in [5.74, 6) is 0.170. The third-order valence-corrected chi connectivity index (χ3v) is 2.92. The van der Waals surface area contributed by atoms with Crippen molar-refractivity contribution in [2.75, 3.05) is 6.54 Å². The summed E-state index contributed by atoms with van der Waals surface area (Å²) in [5, 5.41) is 6.27. The van der Waals surface area contributed by atoms with Crippen molar-refractivity contribution in [1.82, 2.24) is 10.6 Å². The molecule has 17 heavy (non-hydrogen) atoms. The molecule has 1 aromatic carbocycles. The van der Waals surface area contributed by atoms with E-state index in [1.54, 1.807) is 0 Å². The van der Waals surface area contributed by atoms with Crippen molar-refractivity contribution >= 4 is 5.91 Å². The highest BCUT2D eigenvalue weighted by Crippen LogP contribution is 2.18. The van der Waals surface area contributed by atoms with Gasteiger partial charge < -0.3 is 10.6 Å². The maximum Gasteiger partial charge on any atom is 0.221 e. The maximum absolute atomic E-state index is 11.4. The van der Waals surface area contributed by atoms with Gasteiger partial charge in [-0.25, -0.2) is 0 Å². The van der Waals surface area contributed by atoms with Gasteiger partial charge in [0.15, 0.2) is 0 Å². The zero-order valence-electron chi connectivity index (χ0n) is 10.3. The highest BCUT2D eigenvalue weighted by Gasteiger charge is 2.22. The summed E-state index contributed by atoms with van der Waals surface area (Å²) >= 11 is 0. The molecule has 0 spiro atoms. The number of nitrogens with one attached hydrogen (secondary N) is 2. The lowest BCUT2D eigenvalue weighted by molar-refractivity contribution is -0.121. The van der Waals surface area contributed by atoms with Crippen molar-refractivity contribution in [3.05, 3.63) is 35.4 Å². The van der Waals surface area contributed by atoms with Crippen LogP contribution in [0.25, 0.3) is 0 Å². The fourth-order valence-corrected chi connectivity index (χ4v) is 1.67. The van der Waals surface area contributed by atoms with Crippen molar-refractivity contribution in [3.63, 3.8) is 0 Å². The molecule has 3 heteroatoms. The zero-order valence-corrected chi connectivity index (χ0v) is 10.3. The Bertz CT molecular complexity index is 368. The quantitative estimate of drug-likeness (QED) is 0.734. The van der Waals surface area contributed by atoms with Crippen LogP contribution in [0, 0.1) is 6.92 Å². The number of benzene rings is 1. The molecule has 1 fully saturated rings. The van der Waals surface area contributed by atoms with E-state index in [2.05, 4.69) is 41.8 Å². The van der Waals surface area contributed by atoms with E-state index in [1.807, 2.05) is 0 Å². The first-order valence-corrected chi connectivity index (χ1v) is 6.29. The maximum atomic E-state index is 11.4. The fourth-order valence-electron chi connectivity index (χ4n) is 1.67. The molecule has 1 aliphatic rings. The molecule has 1 saturated carbocycles. The predicted molar refractivity (Wildman–Crippen MR) is 68.7 cm³/mol. The van der Waals surface area contributed by atoms with E-state index in [0.717, 1.165) is 25.9 Å². The average Bonchev–Trinajstić information content (AvgIpc) is 3.11. The van der Waals surface area contributed by atoms with Crippen molar-refractivity contribution in [2.24, 2.45) is 0 Å². The standard InChI is InChI=1S/C14H20N2O/c1-11-2-4-12(5-3-11)10-15-9-8-14(17)16-13-6-7-13/h2-5,13,15H,6-10H2,1H3,(H,16,17). The van der Waals surface area contributed by atoms with Crippen LogP contribution in [0.4, 0.5) is 0 Å². The van der Waals surface area contributed by atoms with Crippen LogP contribution >= 0.6 is 0 Å². The van der Waals surface area contributed by atoms with E-state index in [-0.39, 0.29) is 5.91 Å². The van der Waals surface area contributed by atoms with Crippen molar-refractivity contribution in [2.45, 2.75) is 38.8 Å². The number of carbonyl (C=O) groups excluding carboxylic acids is 1. The summed E-state index contributed by atoms with van der Waals surface area (Å²) in [5.41, 5.74) is 2.54. The lowest BCUT2D eigenvalue weighted by atomic mass is 10.1. The van der Waals surface area contributed by atoms with Crippen LogP contribution in [0.3, 0.4) is 0 Å². The van der Waals surface area contributed by atoms with Gasteiger partial charge in [0, 0.05) is 25.6 Å². The third kappa shape index (κ3) is 4.57. The molecule has 2 rings (SSSR count). The third-order valence-electron chi connectivity index (χ3n) is 2.92. The van der Waals surface area contributed by atoms with Crippen LogP contribution in [-0.4, -0.2) is 18.5 Å². The molecule has 92 valence electrons. The lowest BCUT2D eigenvalue weighted by Gasteiger charge is -2.06. The molecule has 0 aromatic heterocycles. The second-order valence-corrected chi connectivity index (χ2v) is 4.75. The second-order valence-electron chi connectivity index (χ2n) is 4.75. The number of hydrogen-bond acceptors (Lipinski definition) is 2. The normalized spacial score (nSPS) is 14.6. The van der Waals surface area contributed by atoms with Crippen LogP contribution in [0.5, 0.6) is 0 Å². The molecular formula is C14H20N2O. The molecule has 0 unspecified atom stereocenters. The molecular weight excluding hydrogens is 212 g/mol. The summed E-state index contributed by atoms with van der Waals surface area (Å²) < 4.78 is 0. The highest BCUT2D eigenvalue weighted by atomic mass is 16.1. The largest absolute Gasteiger partial charge is 0.353 e. The molecule has 0 heterocycles. The van der Waals surface area contributed by atoms with E-state index in [9.17, 15) is 4.79 Å². The summed E-state index contributed by atoms with van der Waals surface area (Å²) in [7, 11) is 0. The number of hydrogen-bond donors (Lipinski definition) is 2. The Balaban J connectivity index is 1.59. The lowest BCUT2D eigenvalue weighted by Crippen LogP contribution is -2.28. The van der Waals surface area contributed by atoms with E-state index < -0.39 is 0 Å². The Morgan fingerprint density at radius 2 is 2.00 bits per heavy atom. The predicted octanol–water partition coefficient (Wildman–Crippen LogP) is 1.75. The molecule has 1 aromatic rings. The number of carbonyl (C=O) groups is 1. The van der Waals surface area contributed by atoms with Gasteiger partial charge in [-0.3, -0.25) is 4.79 Å². The highest BCUT2D eigenvalue weighted by molar-refractivity contribution is 5.76. The summed E-state index contributed by atoms with van der Waals surface area (Å²) in [6.07, 6.45) is 2.88. The molecule has 0 saturated heterocycles. The van der Waals surface area contributed by atoms with Gasteiger partial charge in [-0.05, 0) is 25.3 Å². The van der Waals surface area contributed by atoms with Crippen LogP contribution in [0.2, 0.25) is 0 Å². The van der Waals surface area contributed by atoms with Crippen molar-refractivity contribution < 1.29 is 4.79 Å². The monoisotopic (exact) mass is 232 g/mol. The smallest absolute Gasteiger partial charge is 0.221 e. The van der Waals surface area contributed by atoms with Gasteiger partial charge in [0.05, 0.1) is 0 Å². The fraction of sp³-hybridized carbons (Fsp3) is 0.500. The molecule has 0 atom stereocenters. The van der Waals surface area contributed by atoms with Gasteiger partial charge in [-0.15, -0.1) is 0 Å². The molecule has 2 N–H and O–H groups in total. The minimum Gasteiger partial charge on any atom is -0.353 e. The average molecular weight is 232 g/mol. The Labute approximate surface area is 103 Å². The van der Waals surface area contributed by atoms with E-state index in [1.165, 1.54) is 11.1 Å². The molecule has 3 nitrogen and oxygen atoms in total. The minimum atomic E-state index is 0.170. The summed E-state index contributed by atoms with van der Waals surface area (Å²) in [6, 6.07) is 8.92. The first kappa shape index (κ1) is 12.1. The summed E-state index contributed by atoms with van der Waals surface area (Å²) in [4.78, 5) is 11.4. The number of aryl methyl sites for hydroxylation is 1. The van der Waals surface area contributed by atoms with Gasteiger partial charge in [0.2, 0.25) is 5.91 Å². The SMILES string of the molecule is Cc1ccc(CNCCC(=O)NC2CC2)cc1. The van der Waals surface area contributed by atoms with Gasteiger partial charge >= 0.3 is 0 Å². The number of rotatable bonds is 6. The van der Waals surface area contributed by atoms with Crippen LogP contribution in [0.15, 0.2) is 24.3 Å². The van der Waals surface area contributed by atoms with Crippen LogP contribution in [0.1, 0.15) is 30.4 Å². The molecule has 0 aliphatic heterocycles. The number of amides is 1. The van der Waals surface area contributed by atoms with Crippen molar-refractivity contribution in [3.8, 4) is 0 Å². The minimum absolute atomic E-state index is 0.170. The van der Waals surface area contributed by atoms with Gasteiger partial charge in [0.1, 0.15) is 0 Å². The van der Waals surface area contributed by atoms with E-state index in [0.29, 0.717) is 12.5 Å². The first-order valence-electron chi connectivity index (χ1n) is 6.29. The topological polar surface area (TPSA) is 41.1 Å². The van der Waals surface area contributed by atoms with Crippen LogP contribution < -0.4 is 10.6 Å². The molecule has 0 bridgehead atoms. The molecule has 0 radical (unpaired) electrons. The van der Waals surface area contributed by atoms with Crippen LogP contribution in [-0.2, 0) is 11.3 Å². The first-order chi connectivity index (χ1) is 8.24. The van der Waals surface area contributed by atoms with Gasteiger partial charge in [-0.1, -0.05) is 29.8 Å². The Kier molecular flexibility index (Phi) is 4.15. The Hall–Kier alpha value is -1.35. The van der Waals surface area contributed by atoms with Gasteiger partial charge in [-0.2, -0.15) is 0 Å². The van der Waals surface area contributed by atoms with E-state index >= 15 is 0 Å². The van der Waals surface area contributed by atoms with Crippen molar-refractivity contribution in [1.29, 1.82) is 0 Å². The Morgan fingerprint density at radius 1 is 1.29 bits per heavy atom. The summed E-state index contributed by atoms with van der Waals surface area (Å²) in [6.45, 7) is 3.66. The van der Waals surface area contributed by atoms with Gasteiger partial charge in [0.25, 0.3) is 0 Å². The molecule has 1 amide bonds. The van der Waals surface area contributed by atoms with E-state index in [4.69, 9.17) is 0 Å². The molecule has 1 aliphatic carbocycles. The Morgan fingerprint density at radius 3 is 2.65 bits per heavy atom.